The summed E-state index contributed by atoms with van der Waals surface area (Å²) in [4.78, 5) is 0. The van der Waals surface area contributed by atoms with Gasteiger partial charge >= 0.3 is 0 Å². The molecule has 0 atom stereocenters. The van der Waals surface area contributed by atoms with Gasteiger partial charge in [-0.05, 0) is 32.4 Å². The fourth-order valence-electron chi connectivity index (χ4n) is 0.687. The van der Waals surface area contributed by atoms with Crippen LogP contribution in [0.25, 0.3) is 0 Å². The summed E-state index contributed by atoms with van der Waals surface area (Å²) >= 11 is 0. The van der Waals surface area contributed by atoms with Gasteiger partial charge in [0.2, 0.25) is 0 Å². The first-order chi connectivity index (χ1) is 3.77. The van der Waals surface area contributed by atoms with E-state index in [2.05, 4.69) is 19.2 Å². The molecule has 1 heteroatoms. The molecule has 1 nitrogen and oxygen atoms in total. The molecule has 1 N–H and O–H groups in total. The second kappa shape index (κ2) is 5.10. The summed E-state index contributed by atoms with van der Waals surface area (Å²) in [7, 11) is 2.00. The second-order valence-electron chi connectivity index (χ2n) is 2.64. The van der Waals surface area contributed by atoms with Gasteiger partial charge in [-0.3, -0.25) is 0 Å². The Kier molecular flexibility index (Phi) is 5.08. The van der Waals surface area contributed by atoms with Crippen molar-refractivity contribution in [3.05, 3.63) is 0 Å². The smallest absolute Gasteiger partial charge is 0 e. The molecule has 0 heterocycles. The van der Waals surface area contributed by atoms with E-state index in [4.69, 9.17) is 0 Å². The summed E-state index contributed by atoms with van der Waals surface area (Å²) in [5, 5.41) is 3.12. The molecule has 0 aliphatic carbocycles. The molecule has 0 fully saturated rings. The SMILES string of the molecule is CNCCCC(C)C.[HH]. The average molecular weight is 117 g/mol. The van der Waals surface area contributed by atoms with Gasteiger partial charge in [-0.1, -0.05) is 13.8 Å². The molecule has 0 aromatic rings. The Bertz CT molecular complexity index is 46.2. The number of hydrogen-bond donors (Lipinski definition) is 1. The van der Waals surface area contributed by atoms with Crippen LogP contribution in [0.15, 0.2) is 0 Å². The third kappa shape index (κ3) is 5.96. The predicted octanol–water partition coefficient (Wildman–Crippen LogP) is 1.89. The maximum absolute atomic E-state index is 3.12. The van der Waals surface area contributed by atoms with Crippen LogP contribution in [0.3, 0.4) is 0 Å². The normalized spacial score (nSPS) is 10.5. The predicted molar refractivity (Wildman–Crippen MR) is 40.1 cm³/mol. The van der Waals surface area contributed by atoms with Gasteiger partial charge in [-0.2, -0.15) is 0 Å². The van der Waals surface area contributed by atoms with Crippen LogP contribution in [-0.4, -0.2) is 13.6 Å². The monoisotopic (exact) mass is 117 g/mol. The van der Waals surface area contributed by atoms with Crippen LogP contribution in [0.4, 0.5) is 0 Å². The average Bonchev–Trinajstić information content (AvgIpc) is 1.66. The first kappa shape index (κ1) is 7.96. The summed E-state index contributed by atoms with van der Waals surface area (Å²) in [6.45, 7) is 5.68. The van der Waals surface area contributed by atoms with Crippen LogP contribution in [-0.2, 0) is 0 Å². The van der Waals surface area contributed by atoms with Crippen molar-refractivity contribution < 1.29 is 1.43 Å². The lowest BCUT2D eigenvalue weighted by molar-refractivity contribution is 0.543. The fourth-order valence-corrected chi connectivity index (χ4v) is 0.687. The van der Waals surface area contributed by atoms with Crippen LogP contribution >= 0.6 is 0 Å². The van der Waals surface area contributed by atoms with Crippen molar-refractivity contribution in [3.63, 3.8) is 0 Å². The van der Waals surface area contributed by atoms with Crippen molar-refractivity contribution in [2.75, 3.05) is 13.6 Å². The van der Waals surface area contributed by atoms with Crippen LogP contribution in [0.2, 0.25) is 0 Å². The van der Waals surface area contributed by atoms with Crippen LogP contribution in [0, 0.1) is 5.92 Å². The van der Waals surface area contributed by atoms with Crippen molar-refractivity contribution in [3.8, 4) is 0 Å². The zero-order valence-electron chi connectivity index (χ0n) is 6.20. The molecule has 0 rings (SSSR count). The highest BCUT2D eigenvalue weighted by Gasteiger charge is 1.90. The van der Waals surface area contributed by atoms with Gasteiger partial charge in [-0.15, -0.1) is 0 Å². The molecule has 0 bridgehead atoms. The Balaban J connectivity index is 0. The van der Waals surface area contributed by atoms with Gasteiger partial charge in [0.1, 0.15) is 0 Å². The third-order valence-corrected chi connectivity index (χ3v) is 1.21. The Morgan fingerprint density at radius 3 is 2.50 bits per heavy atom. The lowest BCUT2D eigenvalue weighted by atomic mass is 10.1. The topological polar surface area (TPSA) is 12.0 Å². The third-order valence-electron chi connectivity index (χ3n) is 1.21. The molecule has 52 valence electrons. The van der Waals surface area contributed by atoms with Crippen LogP contribution in [0.5, 0.6) is 0 Å². The second-order valence-corrected chi connectivity index (χ2v) is 2.64. The highest BCUT2D eigenvalue weighted by Crippen LogP contribution is 2.00. The maximum atomic E-state index is 3.12. The first-order valence-corrected chi connectivity index (χ1v) is 3.42. The molecular weight excluding hydrogens is 98.1 g/mol. The lowest BCUT2D eigenvalue weighted by Gasteiger charge is -2.01. The van der Waals surface area contributed by atoms with E-state index in [1.165, 1.54) is 12.8 Å². The molecule has 0 radical (unpaired) electrons. The van der Waals surface area contributed by atoms with Gasteiger partial charge in [0, 0.05) is 1.43 Å². The zero-order valence-corrected chi connectivity index (χ0v) is 6.20. The summed E-state index contributed by atoms with van der Waals surface area (Å²) in [6, 6.07) is 0. The largest absolute Gasteiger partial charge is 0.320 e. The molecule has 8 heavy (non-hydrogen) atoms. The molecule has 0 aliphatic rings. The van der Waals surface area contributed by atoms with Gasteiger partial charge in [0.15, 0.2) is 0 Å². The molecule has 0 aromatic carbocycles. The molecule has 0 aromatic heterocycles. The molecule has 0 saturated carbocycles. The van der Waals surface area contributed by atoms with Crippen molar-refractivity contribution >= 4 is 0 Å². The highest BCUT2D eigenvalue weighted by molar-refractivity contribution is 4.46. The van der Waals surface area contributed by atoms with Gasteiger partial charge in [0.05, 0.1) is 0 Å². The van der Waals surface area contributed by atoms with E-state index >= 15 is 0 Å². The van der Waals surface area contributed by atoms with E-state index in [1.54, 1.807) is 0 Å². The number of rotatable bonds is 4. The quantitative estimate of drug-likeness (QED) is 0.554. The number of nitrogens with one attached hydrogen (secondary N) is 1. The minimum atomic E-state index is 0. The highest BCUT2D eigenvalue weighted by atomic mass is 14.8. The van der Waals surface area contributed by atoms with Crippen molar-refractivity contribution in [1.82, 2.24) is 5.32 Å². The lowest BCUT2D eigenvalue weighted by Crippen LogP contribution is -2.08. The maximum Gasteiger partial charge on any atom is 0 e. The van der Waals surface area contributed by atoms with Gasteiger partial charge in [-0.25, -0.2) is 0 Å². The number of hydrogen-bond acceptors (Lipinski definition) is 1. The van der Waals surface area contributed by atoms with E-state index in [0.29, 0.717) is 0 Å². The van der Waals surface area contributed by atoms with Gasteiger partial charge < -0.3 is 5.32 Å². The van der Waals surface area contributed by atoms with E-state index in [-0.39, 0.29) is 1.43 Å². The summed E-state index contributed by atoms with van der Waals surface area (Å²) in [5.41, 5.74) is 0. The van der Waals surface area contributed by atoms with E-state index in [9.17, 15) is 0 Å². The summed E-state index contributed by atoms with van der Waals surface area (Å²) in [5.74, 6) is 0.864. The Labute approximate surface area is 54.0 Å². The van der Waals surface area contributed by atoms with E-state index < -0.39 is 0 Å². The minimum Gasteiger partial charge on any atom is -0.320 e. The molecule has 0 amide bonds. The van der Waals surface area contributed by atoms with Crippen molar-refractivity contribution in [2.45, 2.75) is 26.7 Å². The summed E-state index contributed by atoms with van der Waals surface area (Å²) < 4.78 is 0. The standard InChI is InChI=1S/C7H17N.H2/c1-7(2)5-4-6-8-3;/h7-8H,4-6H2,1-3H3;1H. The van der Waals surface area contributed by atoms with E-state index in [0.717, 1.165) is 12.5 Å². The van der Waals surface area contributed by atoms with Crippen molar-refractivity contribution in [1.29, 1.82) is 0 Å². The van der Waals surface area contributed by atoms with Crippen LogP contribution < -0.4 is 5.32 Å². The van der Waals surface area contributed by atoms with Crippen LogP contribution in [0.1, 0.15) is 28.1 Å². The molecule has 0 unspecified atom stereocenters. The minimum absolute atomic E-state index is 0. The summed E-state index contributed by atoms with van der Waals surface area (Å²) in [6.07, 6.45) is 2.66. The Morgan fingerprint density at radius 2 is 2.12 bits per heavy atom. The van der Waals surface area contributed by atoms with Gasteiger partial charge in [0.25, 0.3) is 0 Å². The molecule has 0 spiro atoms. The zero-order chi connectivity index (χ0) is 6.41. The van der Waals surface area contributed by atoms with Crippen molar-refractivity contribution in [2.24, 2.45) is 5.92 Å². The first-order valence-electron chi connectivity index (χ1n) is 3.42. The molecule has 0 saturated heterocycles. The fraction of sp³-hybridized carbons (Fsp3) is 1.00. The van der Waals surface area contributed by atoms with E-state index in [1.807, 2.05) is 7.05 Å². The molecular formula is C7H19N. The Morgan fingerprint density at radius 1 is 1.50 bits per heavy atom. The molecule has 0 aliphatic heterocycles. The Hall–Kier alpha value is -0.0400.